The van der Waals surface area contributed by atoms with Crippen molar-refractivity contribution in [2.24, 2.45) is 0 Å². The summed E-state index contributed by atoms with van der Waals surface area (Å²) in [4.78, 5) is 38.1. The predicted molar refractivity (Wildman–Crippen MR) is 159 cm³/mol. The van der Waals surface area contributed by atoms with Gasteiger partial charge in [-0.15, -0.1) is 0 Å². The first-order valence-corrected chi connectivity index (χ1v) is 14.9. The van der Waals surface area contributed by atoms with Crippen LogP contribution in [-0.2, 0) is 16.0 Å². The number of ether oxygens (including phenoxy) is 2. The Kier molecular flexibility index (Phi) is 9.41. The van der Waals surface area contributed by atoms with E-state index in [2.05, 4.69) is 46.2 Å². The van der Waals surface area contributed by atoms with Crippen LogP contribution in [0.25, 0.3) is 0 Å². The molecule has 2 saturated heterocycles. The molecule has 4 heterocycles. The molecule has 0 saturated carbocycles. The van der Waals surface area contributed by atoms with E-state index in [4.69, 9.17) is 9.47 Å². The molecule has 2 N–H and O–H groups in total. The van der Waals surface area contributed by atoms with Gasteiger partial charge in [-0.2, -0.15) is 0 Å². The standard InChI is InChI=1S/C31H43FN6O4/c1-19-13-36(26(12-34-19)14-37-20(2)16-41-17-21(37)3)15-28(39)38-22(4)18-42-31-27(38)11-24(29(35-31)30(40)33-5)10-23-6-8-25(32)9-7-23/h6-9,11,19-22,26,34H,10,12-18H2,1-5H3,(H,33,40)/t19-,20-,21-,22+,26-/m1/s1. The Morgan fingerprint density at radius 2 is 1.79 bits per heavy atom. The summed E-state index contributed by atoms with van der Waals surface area (Å²) < 4.78 is 25.2. The number of nitrogens with zero attached hydrogens (tertiary/aromatic N) is 4. The van der Waals surface area contributed by atoms with Gasteiger partial charge in [-0.25, -0.2) is 9.37 Å². The molecule has 1 aromatic heterocycles. The largest absolute Gasteiger partial charge is 0.474 e. The fraction of sp³-hybridized carbons (Fsp3) is 0.581. The maximum Gasteiger partial charge on any atom is 0.270 e. The smallest absolute Gasteiger partial charge is 0.270 e. The third kappa shape index (κ3) is 6.59. The zero-order valence-electron chi connectivity index (χ0n) is 25.2. The van der Waals surface area contributed by atoms with E-state index in [9.17, 15) is 14.0 Å². The number of pyridine rings is 1. The predicted octanol–water partition coefficient (Wildman–Crippen LogP) is 2.06. The van der Waals surface area contributed by atoms with E-state index in [0.717, 1.165) is 25.2 Å². The molecule has 228 valence electrons. The molecular formula is C31H43FN6O4. The molecule has 0 radical (unpaired) electrons. The molecule has 0 bridgehead atoms. The van der Waals surface area contributed by atoms with Gasteiger partial charge in [-0.1, -0.05) is 12.1 Å². The van der Waals surface area contributed by atoms with E-state index < -0.39 is 0 Å². The molecule has 2 amide bonds. The number of rotatable bonds is 7. The summed E-state index contributed by atoms with van der Waals surface area (Å²) in [6.45, 7) is 12.9. The molecule has 11 heteroatoms. The minimum absolute atomic E-state index is 0.0311. The van der Waals surface area contributed by atoms with Gasteiger partial charge in [0.05, 0.1) is 25.8 Å². The first-order chi connectivity index (χ1) is 20.1. The number of carbonyl (C=O) groups excluding carboxylic acids is 2. The van der Waals surface area contributed by atoms with Crippen molar-refractivity contribution >= 4 is 17.5 Å². The quantitative estimate of drug-likeness (QED) is 0.512. The number of aromatic nitrogens is 1. The second-order valence-electron chi connectivity index (χ2n) is 12.0. The summed E-state index contributed by atoms with van der Waals surface area (Å²) in [6.07, 6.45) is 0.354. The van der Waals surface area contributed by atoms with Gasteiger partial charge < -0.3 is 25.0 Å². The molecule has 2 aromatic rings. The Labute approximate surface area is 247 Å². The molecule has 1 aromatic carbocycles. The van der Waals surface area contributed by atoms with Crippen LogP contribution in [0, 0.1) is 5.82 Å². The number of hydrogen-bond donors (Lipinski definition) is 2. The van der Waals surface area contributed by atoms with Gasteiger partial charge in [0, 0.05) is 50.8 Å². The minimum Gasteiger partial charge on any atom is -0.474 e. The van der Waals surface area contributed by atoms with Gasteiger partial charge in [0.1, 0.15) is 23.8 Å². The first-order valence-electron chi connectivity index (χ1n) is 14.9. The van der Waals surface area contributed by atoms with Crippen molar-refractivity contribution in [3.05, 3.63) is 53.0 Å². The average molecular weight is 583 g/mol. The van der Waals surface area contributed by atoms with Gasteiger partial charge >= 0.3 is 0 Å². The molecule has 3 aliphatic rings. The lowest BCUT2D eigenvalue weighted by Crippen LogP contribution is -2.63. The number of anilines is 1. The molecule has 5 rings (SSSR count). The third-order valence-corrected chi connectivity index (χ3v) is 8.56. The zero-order chi connectivity index (χ0) is 30.0. The van der Waals surface area contributed by atoms with E-state index in [1.165, 1.54) is 12.1 Å². The van der Waals surface area contributed by atoms with E-state index in [0.29, 0.717) is 43.0 Å². The van der Waals surface area contributed by atoms with Crippen molar-refractivity contribution in [1.82, 2.24) is 25.4 Å². The number of nitrogens with one attached hydrogen (secondary N) is 2. The summed E-state index contributed by atoms with van der Waals surface area (Å²) in [5.74, 6) is -0.439. The second-order valence-corrected chi connectivity index (χ2v) is 12.0. The Hall–Kier alpha value is -3.12. The Balaban J connectivity index is 1.41. The van der Waals surface area contributed by atoms with E-state index >= 15 is 0 Å². The average Bonchev–Trinajstić information content (AvgIpc) is 2.96. The lowest BCUT2D eigenvalue weighted by molar-refractivity contribution is -0.122. The van der Waals surface area contributed by atoms with Crippen LogP contribution in [0.5, 0.6) is 5.88 Å². The molecule has 42 heavy (non-hydrogen) atoms. The van der Waals surface area contributed by atoms with E-state index in [-0.39, 0.29) is 60.5 Å². The van der Waals surface area contributed by atoms with E-state index in [1.807, 2.05) is 13.0 Å². The molecular weight excluding hydrogens is 539 g/mol. The van der Waals surface area contributed by atoms with Crippen molar-refractivity contribution in [3.8, 4) is 5.88 Å². The zero-order valence-corrected chi connectivity index (χ0v) is 25.2. The number of morpholine rings is 1. The maximum atomic E-state index is 14.1. The lowest BCUT2D eigenvalue weighted by atomic mass is 10.0. The van der Waals surface area contributed by atoms with Crippen LogP contribution < -0.4 is 20.3 Å². The van der Waals surface area contributed by atoms with Crippen molar-refractivity contribution in [2.45, 2.75) is 64.3 Å². The van der Waals surface area contributed by atoms with Crippen molar-refractivity contribution in [2.75, 3.05) is 57.9 Å². The number of fused-ring (bicyclic) bond motifs is 1. The molecule has 0 spiro atoms. The highest BCUT2D eigenvalue weighted by Crippen LogP contribution is 2.35. The number of hydrogen-bond acceptors (Lipinski definition) is 8. The number of amides is 2. The summed E-state index contributed by atoms with van der Waals surface area (Å²) in [5.41, 5.74) is 2.25. The second kappa shape index (κ2) is 13.0. The van der Waals surface area contributed by atoms with Crippen LogP contribution in [0.15, 0.2) is 30.3 Å². The van der Waals surface area contributed by atoms with Gasteiger partial charge in [0.25, 0.3) is 5.91 Å². The van der Waals surface area contributed by atoms with Gasteiger partial charge in [0.15, 0.2) is 0 Å². The minimum atomic E-state index is -0.348. The monoisotopic (exact) mass is 582 g/mol. The number of benzene rings is 1. The Bertz CT molecular complexity index is 1270. The fourth-order valence-electron chi connectivity index (χ4n) is 6.26. The highest BCUT2D eigenvalue weighted by Gasteiger charge is 2.37. The van der Waals surface area contributed by atoms with Crippen molar-refractivity contribution in [3.63, 3.8) is 0 Å². The van der Waals surface area contributed by atoms with Gasteiger partial charge in [-0.3, -0.25) is 19.4 Å². The van der Waals surface area contributed by atoms with Crippen molar-refractivity contribution < 1.29 is 23.5 Å². The maximum absolute atomic E-state index is 14.1. The summed E-state index contributed by atoms with van der Waals surface area (Å²) in [7, 11) is 1.55. The van der Waals surface area contributed by atoms with Crippen LogP contribution in [0.4, 0.5) is 10.1 Å². The number of carbonyl (C=O) groups is 2. The molecule has 0 unspecified atom stereocenters. The molecule has 0 aliphatic carbocycles. The van der Waals surface area contributed by atoms with Crippen LogP contribution in [0.1, 0.15) is 49.3 Å². The first kappa shape index (κ1) is 30.3. The Morgan fingerprint density at radius 3 is 2.48 bits per heavy atom. The van der Waals surface area contributed by atoms with Crippen LogP contribution in [-0.4, -0.2) is 110 Å². The number of halogens is 1. The summed E-state index contributed by atoms with van der Waals surface area (Å²) in [6, 6.07) is 8.85. The Morgan fingerprint density at radius 1 is 1.07 bits per heavy atom. The third-order valence-electron chi connectivity index (χ3n) is 8.56. The fourth-order valence-corrected chi connectivity index (χ4v) is 6.26. The van der Waals surface area contributed by atoms with Crippen LogP contribution in [0.2, 0.25) is 0 Å². The van der Waals surface area contributed by atoms with Gasteiger partial charge in [-0.05, 0) is 63.4 Å². The summed E-state index contributed by atoms with van der Waals surface area (Å²) in [5, 5.41) is 6.25. The van der Waals surface area contributed by atoms with Crippen LogP contribution >= 0.6 is 0 Å². The summed E-state index contributed by atoms with van der Waals surface area (Å²) >= 11 is 0. The molecule has 10 nitrogen and oxygen atoms in total. The molecule has 3 aliphatic heterocycles. The highest BCUT2D eigenvalue weighted by molar-refractivity contribution is 5.99. The molecule has 2 fully saturated rings. The van der Waals surface area contributed by atoms with Crippen molar-refractivity contribution in [1.29, 1.82) is 0 Å². The highest BCUT2D eigenvalue weighted by atomic mass is 19.1. The normalized spacial score (nSPS) is 26.8. The SMILES string of the molecule is CNC(=O)c1nc2c(cc1Cc1ccc(F)cc1)N(C(=O)CN1C[C@@H](C)NC[C@@H]1CN1[C@H](C)COC[C@H]1C)[C@@H](C)CO2. The number of piperazine rings is 1. The molecule has 5 atom stereocenters. The van der Waals surface area contributed by atoms with Crippen LogP contribution in [0.3, 0.4) is 0 Å². The topological polar surface area (TPSA) is 99.3 Å². The van der Waals surface area contributed by atoms with E-state index in [1.54, 1.807) is 24.1 Å². The lowest BCUT2D eigenvalue weighted by Gasteiger charge is -2.46. The van der Waals surface area contributed by atoms with Gasteiger partial charge in [0.2, 0.25) is 11.8 Å².